The van der Waals surface area contributed by atoms with Crippen LogP contribution in [0.3, 0.4) is 0 Å². The van der Waals surface area contributed by atoms with E-state index in [0.717, 1.165) is 0 Å². The molecule has 2 aromatic rings. The van der Waals surface area contributed by atoms with Gasteiger partial charge in [-0.3, -0.25) is 10.1 Å². The van der Waals surface area contributed by atoms with Gasteiger partial charge >= 0.3 is 6.03 Å². The third kappa shape index (κ3) is 6.32. The molecule has 0 radical (unpaired) electrons. The fourth-order valence-electron chi connectivity index (χ4n) is 2.30. The van der Waals surface area contributed by atoms with Crippen LogP contribution in [0.25, 0.3) is 0 Å². The molecule has 0 heterocycles. The minimum Gasteiger partial charge on any atom is -0.456 e. The zero-order chi connectivity index (χ0) is 20.7. The van der Waals surface area contributed by atoms with Crippen LogP contribution in [0.15, 0.2) is 48.5 Å². The Bertz CT molecular complexity index is 880. The van der Waals surface area contributed by atoms with Gasteiger partial charge in [-0.25, -0.2) is 4.79 Å². The number of nitrogens with zero attached hydrogens (tertiary/aromatic N) is 1. The summed E-state index contributed by atoms with van der Waals surface area (Å²) >= 11 is 0. The third-order valence-electron chi connectivity index (χ3n) is 3.59. The van der Waals surface area contributed by atoms with Gasteiger partial charge in [0.25, 0.3) is 0 Å². The second kappa shape index (κ2) is 8.91. The lowest BCUT2D eigenvalue weighted by molar-refractivity contribution is -0.120. The van der Waals surface area contributed by atoms with Crippen LogP contribution in [0, 0.1) is 11.3 Å². The van der Waals surface area contributed by atoms with Gasteiger partial charge in [0.15, 0.2) is 0 Å². The first-order valence-corrected chi connectivity index (χ1v) is 8.84. The molecule has 0 spiro atoms. The maximum atomic E-state index is 12.1. The van der Waals surface area contributed by atoms with Gasteiger partial charge in [0, 0.05) is 11.2 Å². The predicted octanol–water partition coefficient (Wildman–Crippen LogP) is 3.78. The molecule has 0 aliphatic heterocycles. The van der Waals surface area contributed by atoms with Crippen molar-refractivity contribution in [2.75, 3.05) is 5.32 Å². The highest BCUT2D eigenvalue weighted by atomic mass is 16.5. The van der Waals surface area contributed by atoms with Crippen LogP contribution in [0.5, 0.6) is 11.5 Å². The molecule has 3 amide bonds. The van der Waals surface area contributed by atoms with E-state index in [9.17, 15) is 9.59 Å². The molecule has 1 atom stereocenters. The minimum atomic E-state index is -0.614. The van der Waals surface area contributed by atoms with Gasteiger partial charge in [-0.15, -0.1) is 0 Å². The van der Waals surface area contributed by atoms with Crippen molar-refractivity contribution >= 4 is 17.6 Å². The summed E-state index contributed by atoms with van der Waals surface area (Å²) in [4.78, 5) is 23.9. The number of amides is 3. The van der Waals surface area contributed by atoms with Gasteiger partial charge in [-0.05, 0) is 64.1 Å². The van der Waals surface area contributed by atoms with E-state index in [1.165, 1.54) is 0 Å². The molecule has 0 aromatic heterocycles. The smallest absolute Gasteiger partial charge is 0.321 e. The number of nitriles is 1. The summed E-state index contributed by atoms with van der Waals surface area (Å²) in [6, 6.07) is 14.9. The molecule has 146 valence electrons. The SMILES string of the molecule is CC(Nc1ccc(Oc2ccccc2C#N)cc1)C(=O)NC(=O)NC(C)(C)C. The fourth-order valence-corrected chi connectivity index (χ4v) is 2.30. The zero-order valence-electron chi connectivity index (χ0n) is 16.4. The fraction of sp³-hybridized carbons (Fsp3) is 0.286. The number of carbonyl (C=O) groups is 2. The molecule has 7 nitrogen and oxygen atoms in total. The number of imide groups is 1. The Hall–Kier alpha value is -3.53. The Morgan fingerprint density at radius 3 is 2.32 bits per heavy atom. The highest BCUT2D eigenvalue weighted by Crippen LogP contribution is 2.26. The van der Waals surface area contributed by atoms with E-state index in [-0.39, 0.29) is 0 Å². The molecule has 7 heteroatoms. The monoisotopic (exact) mass is 380 g/mol. The van der Waals surface area contributed by atoms with Crippen molar-refractivity contribution in [3.8, 4) is 17.6 Å². The van der Waals surface area contributed by atoms with Gasteiger partial charge in [-0.2, -0.15) is 5.26 Å². The number of benzene rings is 2. The Morgan fingerprint density at radius 2 is 1.71 bits per heavy atom. The van der Waals surface area contributed by atoms with E-state index in [1.54, 1.807) is 55.5 Å². The molecule has 28 heavy (non-hydrogen) atoms. The van der Waals surface area contributed by atoms with E-state index >= 15 is 0 Å². The van der Waals surface area contributed by atoms with Gasteiger partial charge in [0.1, 0.15) is 23.6 Å². The summed E-state index contributed by atoms with van der Waals surface area (Å²) in [5, 5.41) is 17.1. The molecule has 0 saturated heterocycles. The first-order chi connectivity index (χ1) is 13.2. The van der Waals surface area contributed by atoms with Crippen molar-refractivity contribution in [2.24, 2.45) is 0 Å². The van der Waals surface area contributed by atoms with Crippen molar-refractivity contribution in [3.63, 3.8) is 0 Å². The number of nitrogens with one attached hydrogen (secondary N) is 3. The van der Waals surface area contributed by atoms with Crippen molar-refractivity contribution < 1.29 is 14.3 Å². The molecule has 0 aliphatic rings. The second-order valence-electron chi connectivity index (χ2n) is 7.29. The zero-order valence-corrected chi connectivity index (χ0v) is 16.4. The Balaban J connectivity index is 1.93. The van der Waals surface area contributed by atoms with Gasteiger partial charge in [-0.1, -0.05) is 12.1 Å². The predicted molar refractivity (Wildman–Crippen MR) is 107 cm³/mol. The van der Waals surface area contributed by atoms with Crippen LogP contribution >= 0.6 is 0 Å². The molecule has 2 rings (SSSR count). The number of hydrogen-bond donors (Lipinski definition) is 3. The maximum Gasteiger partial charge on any atom is 0.321 e. The standard InChI is InChI=1S/C21H24N4O3/c1-14(19(26)24-20(27)25-21(2,3)4)23-16-9-11-17(12-10-16)28-18-8-6-5-7-15(18)13-22/h5-12,14,23H,1-4H3,(H2,24,25,26,27). The van der Waals surface area contributed by atoms with Crippen LogP contribution in [0.4, 0.5) is 10.5 Å². The molecule has 0 bridgehead atoms. The molecular formula is C21H24N4O3. The average molecular weight is 380 g/mol. The maximum absolute atomic E-state index is 12.1. The van der Waals surface area contributed by atoms with Gasteiger partial charge in [0.05, 0.1) is 5.56 Å². The number of carbonyl (C=O) groups excluding carboxylic acids is 2. The minimum absolute atomic E-state index is 0.430. The summed E-state index contributed by atoms with van der Waals surface area (Å²) in [7, 11) is 0. The summed E-state index contributed by atoms with van der Waals surface area (Å²) in [6.45, 7) is 7.15. The quantitative estimate of drug-likeness (QED) is 0.732. The molecule has 2 aromatic carbocycles. The van der Waals surface area contributed by atoms with Crippen molar-refractivity contribution in [1.82, 2.24) is 10.6 Å². The highest BCUT2D eigenvalue weighted by Gasteiger charge is 2.19. The van der Waals surface area contributed by atoms with Crippen molar-refractivity contribution in [1.29, 1.82) is 5.26 Å². The normalized spacial score (nSPS) is 11.7. The van der Waals surface area contributed by atoms with Gasteiger partial charge < -0.3 is 15.4 Å². The van der Waals surface area contributed by atoms with Gasteiger partial charge in [0.2, 0.25) is 5.91 Å². The summed E-state index contributed by atoms with van der Waals surface area (Å²) in [6.07, 6.45) is 0. The largest absolute Gasteiger partial charge is 0.456 e. The van der Waals surface area contributed by atoms with Crippen LogP contribution in [0.1, 0.15) is 33.3 Å². The topological polar surface area (TPSA) is 103 Å². The Labute approximate surface area is 164 Å². The number of para-hydroxylation sites is 1. The summed E-state index contributed by atoms with van der Waals surface area (Å²) in [5.41, 5.74) is 0.712. The molecule has 1 unspecified atom stereocenters. The van der Waals surface area contributed by atoms with Crippen LogP contribution in [0.2, 0.25) is 0 Å². The van der Waals surface area contributed by atoms with E-state index in [0.29, 0.717) is 22.7 Å². The molecule has 0 fully saturated rings. The van der Waals surface area contributed by atoms with Crippen molar-refractivity contribution in [3.05, 3.63) is 54.1 Å². The lowest BCUT2D eigenvalue weighted by Crippen LogP contribution is -2.51. The number of hydrogen-bond acceptors (Lipinski definition) is 5. The summed E-state index contributed by atoms with van der Waals surface area (Å²) < 4.78 is 5.72. The Morgan fingerprint density at radius 1 is 1.07 bits per heavy atom. The first kappa shape index (κ1) is 20.8. The lowest BCUT2D eigenvalue weighted by Gasteiger charge is -2.21. The third-order valence-corrected chi connectivity index (χ3v) is 3.59. The second-order valence-corrected chi connectivity index (χ2v) is 7.29. The highest BCUT2D eigenvalue weighted by molar-refractivity contribution is 5.98. The number of ether oxygens (including phenoxy) is 1. The average Bonchev–Trinajstić information content (AvgIpc) is 2.62. The lowest BCUT2D eigenvalue weighted by atomic mass is 10.1. The number of anilines is 1. The van der Waals surface area contributed by atoms with Crippen molar-refractivity contribution in [2.45, 2.75) is 39.3 Å². The van der Waals surface area contributed by atoms with Crippen LogP contribution in [-0.2, 0) is 4.79 Å². The Kier molecular flexibility index (Phi) is 6.61. The molecule has 0 saturated carbocycles. The molecular weight excluding hydrogens is 356 g/mol. The first-order valence-electron chi connectivity index (χ1n) is 8.84. The summed E-state index contributed by atoms with van der Waals surface area (Å²) in [5.74, 6) is 0.600. The number of urea groups is 1. The number of rotatable bonds is 5. The molecule has 0 aliphatic carbocycles. The van der Waals surface area contributed by atoms with Crippen LogP contribution in [-0.4, -0.2) is 23.5 Å². The van der Waals surface area contributed by atoms with Crippen LogP contribution < -0.4 is 20.7 Å². The van der Waals surface area contributed by atoms with E-state index < -0.39 is 23.5 Å². The van der Waals surface area contributed by atoms with E-state index in [1.807, 2.05) is 20.8 Å². The molecule has 3 N–H and O–H groups in total. The van der Waals surface area contributed by atoms with E-state index in [2.05, 4.69) is 22.0 Å². The van der Waals surface area contributed by atoms with E-state index in [4.69, 9.17) is 10.00 Å².